The van der Waals surface area contributed by atoms with E-state index in [0.717, 1.165) is 5.69 Å². The first-order valence-electron chi connectivity index (χ1n) is 5.97. The molecule has 0 atom stereocenters. The number of benzene rings is 1. The molecule has 0 saturated heterocycles. The summed E-state index contributed by atoms with van der Waals surface area (Å²) in [6.07, 6.45) is 1.87. The Balaban J connectivity index is 2.14. The highest BCUT2D eigenvalue weighted by Gasteiger charge is 2.14. The Morgan fingerprint density at radius 2 is 2.20 bits per heavy atom. The largest absolute Gasteiger partial charge is 0.321 e. The second-order valence-corrected chi connectivity index (χ2v) is 5.61. The molecule has 2 heterocycles. The third-order valence-electron chi connectivity index (χ3n) is 3.08. The van der Waals surface area contributed by atoms with Gasteiger partial charge in [-0.3, -0.25) is 4.68 Å². The van der Waals surface area contributed by atoms with Gasteiger partial charge < -0.3 is 4.57 Å². The van der Waals surface area contributed by atoms with E-state index in [1.165, 1.54) is 6.07 Å². The van der Waals surface area contributed by atoms with Gasteiger partial charge in [0.05, 0.1) is 33.6 Å². The van der Waals surface area contributed by atoms with E-state index in [1.54, 1.807) is 10.7 Å². The van der Waals surface area contributed by atoms with E-state index in [9.17, 15) is 4.39 Å². The normalized spacial score (nSPS) is 11.4. The van der Waals surface area contributed by atoms with E-state index >= 15 is 0 Å². The number of imidazole rings is 1. The van der Waals surface area contributed by atoms with E-state index in [-0.39, 0.29) is 11.7 Å². The Morgan fingerprint density at radius 3 is 2.85 bits per heavy atom. The second-order valence-electron chi connectivity index (χ2n) is 4.48. The Morgan fingerprint density at radius 1 is 1.40 bits per heavy atom. The van der Waals surface area contributed by atoms with Crippen LogP contribution in [0.5, 0.6) is 0 Å². The molecule has 0 aliphatic carbocycles. The lowest BCUT2D eigenvalue weighted by Gasteiger charge is -2.05. The number of hydrogen-bond donors (Lipinski definition) is 0. The van der Waals surface area contributed by atoms with Crippen molar-refractivity contribution in [3.05, 3.63) is 46.2 Å². The molecule has 0 radical (unpaired) electrons. The fourth-order valence-corrected chi connectivity index (χ4v) is 2.69. The molecule has 0 aliphatic rings. The van der Waals surface area contributed by atoms with Crippen LogP contribution in [0.15, 0.2) is 28.9 Å². The molecule has 0 fully saturated rings. The standard InChI is InChI=1S/C13H11BrClFN4/c1-19-3-2-8(18-19)7-20-12-5-10(16)9(14)4-11(12)17-13(20)6-15/h2-5H,6-7H2,1H3. The molecule has 0 N–H and O–H groups in total. The number of rotatable bonds is 3. The van der Waals surface area contributed by atoms with Crippen molar-refractivity contribution in [3.8, 4) is 0 Å². The van der Waals surface area contributed by atoms with Crippen LogP contribution < -0.4 is 0 Å². The van der Waals surface area contributed by atoms with Gasteiger partial charge in [-0.2, -0.15) is 5.10 Å². The van der Waals surface area contributed by atoms with Gasteiger partial charge in [-0.15, -0.1) is 11.6 Å². The zero-order valence-electron chi connectivity index (χ0n) is 10.6. The van der Waals surface area contributed by atoms with Crippen LogP contribution in [0.2, 0.25) is 0 Å². The summed E-state index contributed by atoms with van der Waals surface area (Å²) in [7, 11) is 1.86. The number of alkyl halides is 1. The van der Waals surface area contributed by atoms with Gasteiger partial charge in [0.25, 0.3) is 0 Å². The van der Waals surface area contributed by atoms with Gasteiger partial charge in [0.1, 0.15) is 11.6 Å². The van der Waals surface area contributed by atoms with E-state index in [0.29, 0.717) is 27.9 Å². The molecule has 7 heteroatoms. The highest BCUT2D eigenvalue weighted by atomic mass is 79.9. The summed E-state index contributed by atoms with van der Waals surface area (Å²) in [5, 5.41) is 4.33. The van der Waals surface area contributed by atoms with Crippen molar-refractivity contribution < 1.29 is 4.39 Å². The highest BCUT2D eigenvalue weighted by molar-refractivity contribution is 9.10. The van der Waals surface area contributed by atoms with E-state index in [1.807, 2.05) is 23.9 Å². The quantitative estimate of drug-likeness (QED) is 0.673. The number of hydrogen-bond acceptors (Lipinski definition) is 2. The van der Waals surface area contributed by atoms with E-state index < -0.39 is 0 Å². The van der Waals surface area contributed by atoms with Gasteiger partial charge in [-0.1, -0.05) is 0 Å². The first-order valence-corrected chi connectivity index (χ1v) is 7.30. The summed E-state index contributed by atoms with van der Waals surface area (Å²) in [4.78, 5) is 4.44. The van der Waals surface area contributed by atoms with Crippen LogP contribution in [0.3, 0.4) is 0 Å². The molecular weight excluding hydrogens is 347 g/mol. The average Bonchev–Trinajstić information content (AvgIpc) is 2.96. The molecule has 3 rings (SSSR count). The molecule has 4 nitrogen and oxygen atoms in total. The van der Waals surface area contributed by atoms with Gasteiger partial charge in [0, 0.05) is 19.3 Å². The van der Waals surface area contributed by atoms with Crippen LogP contribution in [0.25, 0.3) is 11.0 Å². The van der Waals surface area contributed by atoms with Crippen molar-refractivity contribution in [2.45, 2.75) is 12.4 Å². The van der Waals surface area contributed by atoms with Gasteiger partial charge in [0.15, 0.2) is 0 Å². The fraction of sp³-hybridized carbons (Fsp3) is 0.231. The summed E-state index contributed by atoms with van der Waals surface area (Å²) in [5.74, 6) is 0.645. The minimum Gasteiger partial charge on any atom is -0.321 e. The Bertz CT molecular complexity index is 780. The second kappa shape index (κ2) is 5.18. The van der Waals surface area contributed by atoms with E-state index in [2.05, 4.69) is 26.0 Å². The monoisotopic (exact) mass is 356 g/mol. The molecule has 0 aliphatic heterocycles. The van der Waals surface area contributed by atoms with Crippen molar-refractivity contribution in [2.75, 3.05) is 0 Å². The van der Waals surface area contributed by atoms with Crippen LogP contribution in [0.4, 0.5) is 4.39 Å². The number of nitrogens with zero attached hydrogens (tertiary/aromatic N) is 4. The SMILES string of the molecule is Cn1ccc(Cn2c(CCl)nc3cc(Br)c(F)cc32)n1. The summed E-state index contributed by atoms with van der Waals surface area (Å²) < 4.78 is 17.8. The van der Waals surface area contributed by atoms with Gasteiger partial charge >= 0.3 is 0 Å². The summed E-state index contributed by atoms with van der Waals surface area (Å²) in [6, 6.07) is 5.04. The number of fused-ring (bicyclic) bond motifs is 1. The zero-order chi connectivity index (χ0) is 14.3. The van der Waals surface area contributed by atoms with Crippen molar-refractivity contribution >= 4 is 38.6 Å². The van der Waals surface area contributed by atoms with Crippen molar-refractivity contribution in [1.82, 2.24) is 19.3 Å². The molecule has 0 spiro atoms. The predicted octanol–water partition coefficient (Wildman–Crippen LogP) is 3.46. The molecule has 0 bridgehead atoms. The molecule has 2 aromatic heterocycles. The lowest BCUT2D eigenvalue weighted by Crippen LogP contribution is -2.05. The molecule has 20 heavy (non-hydrogen) atoms. The van der Waals surface area contributed by atoms with Gasteiger partial charge in [-0.25, -0.2) is 9.37 Å². The minimum atomic E-state index is -0.319. The van der Waals surface area contributed by atoms with Crippen molar-refractivity contribution in [2.24, 2.45) is 7.05 Å². The fourth-order valence-electron chi connectivity index (χ4n) is 2.16. The number of halogens is 3. The molecule has 0 saturated carbocycles. The van der Waals surface area contributed by atoms with Crippen LogP contribution in [-0.2, 0) is 19.5 Å². The molecule has 104 valence electrons. The zero-order valence-corrected chi connectivity index (χ0v) is 13.0. The smallest absolute Gasteiger partial charge is 0.139 e. The third kappa shape index (κ3) is 2.33. The Labute approximate surface area is 128 Å². The maximum Gasteiger partial charge on any atom is 0.139 e. The Hall–Kier alpha value is -1.40. The number of aryl methyl sites for hydroxylation is 1. The lowest BCUT2D eigenvalue weighted by molar-refractivity contribution is 0.621. The summed E-state index contributed by atoms with van der Waals surface area (Å²) in [5.41, 5.74) is 2.30. The van der Waals surface area contributed by atoms with Crippen molar-refractivity contribution in [1.29, 1.82) is 0 Å². The highest BCUT2D eigenvalue weighted by Crippen LogP contribution is 2.25. The molecule has 1 aromatic carbocycles. The molecule has 3 aromatic rings. The average molecular weight is 358 g/mol. The topological polar surface area (TPSA) is 35.6 Å². The number of aromatic nitrogens is 4. The van der Waals surface area contributed by atoms with Crippen LogP contribution in [0, 0.1) is 5.82 Å². The summed E-state index contributed by atoms with van der Waals surface area (Å²) >= 11 is 9.11. The van der Waals surface area contributed by atoms with Crippen LogP contribution in [0.1, 0.15) is 11.5 Å². The summed E-state index contributed by atoms with van der Waals surface area (Å²) in [6.45, 7) is 0.514. The van der Waals surface area contributed by atoms with Crippen molar-refractivity contribution in [3.63, 3.8) is 0 Å². The third-order valence-corrected chi connectivity index (χ3v) is 3.92. The predicted molar refractivity (Wildman–Crippen MR) is 79.3 cm³/mol. The van der Waals surface area contributed by atoms with E-state index in [4.69, 9.17) is 11.6 Å². The molecule has 0 amide bonds. The first-order chi connectivity index (χ1) is 9.58. The van der Waals surface area contributed by atoms with Gasteiger partial charge in [-0.05, 0) is 28.1 Å². The lowest BCUT2D eigenvalue weighted by atomic mass is 10.3. The first kappa shape index (κ1) is 13.6. The van der Waals surface area contributed by atoms with Crippen LogP contribution in [-0.4, -0.2) is 19.3 Å². The minimum absolute atomic E-state index is 0.265. The Kier molecular flexibility index (Phi) is 3.52. The molecule has 0 unspecified atom stereocenters. The van der Waals surface area contributed by atoms with Crippen LogP contribution >= 0.6 is 27.5 Å². The van der Waals surface area contributed by atoms with Gasteiger partial charge in [0.2, 0.25) is 0 Å². The molecular formula is C13H11BrClFN4. The maximum absolute atomic E-state index is 13.7. The maximum atomic E-state index is 13.7.